The summed E-state index contributed by atoms with van der Waals surface area (Å²) in [4.78, 5) is 19.6. The first-order valence-corrected chi connectivity index (χ1v) is 8.93. The Morgan fingerprint density at radius 2 is 1.84 bits per heavy atom. The number of fused-ring (bicyclic) bond motifs is 3. The Bertz CT molecular complexity index is 731. The van der Waals surface area contributed by atoms with Gasteiger partial charge in [0.1, 0.15) is 5.82 Å². The van der Waals surface area contributed by atoms with Gasteiger partial charge in [-0.15, -0.1) is 23.7 Å². The van der Waals surface area contributed by atoms with Crippen LogP contribution in [0.5, 0.6) is 5.88 Å². The van der Waals surface area contributed by atoms with Crippen LogP contribution < -0.4 is 10.1 Å². The minimum atomic E-state index is -0.459. The Labute approximate surface area is 155 Å². The summed E-state index contributed by atoms with van der Waals surface area (Å²) in [5, 5.41) is 3.06. The van der Waals surface area contributed by atoms with Gasteiger partial charge in [-0.25, -0.2) is 14.2 Å². The van der Waals surface area contributed by atoms with Crippen LogP contribution in [-0.4, -0.2) is 41.2 Å². The van der Waals surface area contributed by atoms with E-state index in [1.165, 1.54) is 23.5 Å². The molecule has 1 aromatic heterocycles. The van der Waals surface area contributed by atoms with Crippen LogP contribution in [0.3, 0.4) is 0 Å². The molecule has 2 bridgehead atoms. The van der Waals surface area contributed by atoms with Crippen molar-refractivity contribution in [3.63, 3.8) is 0 Å². The quantitative estimate of drug-likeness (QED) is 0.878. The number of aromatic nitrogens is 1. The predicted molar refractivity (Wildman–Crippen MR) is 96.9 cm³/mol. The third kappa shape index (κ3) is 3.78. The number of hydrogen-bond donors (Lipinski definition) is 1. The molecule has 1 aromatic carbocycles. The van der Waals surface area contributed by atoms with Gasteiger partial charge in [-0.3, -0.25) is 0 Å². The lowest BCUT2D eigenvalue weighted by atomic mass is 9.80. The summed E-state index contributed by atoms with van der Waals surface area (Å²) in [5.41, 5.74) is 2.27. The van der Waals surface area contributed by atoms with Gasteiger partial charge in [0, 0.05) is 25.2 Å². The lowest BCUT2D eigenvalue weighted by Gasteiger charge is -2.48. The highest BCUT2D eigenvalue weighted by Gasteiger charge is 2.41. The molecule has 0 aliphatic carbocycles. The van der Waals surface area contributed by atoms with Crippen molar-refractivity contribution in [2.24, 2.45) is 0 Å². The smallest absolute Gasteiger partial charge is 0.390 e. The van der Waals surface area contributed by atoms with Crippen molar-refractivity contribution in [3.05, 3.63) is 35.6 Å². The number of benzene rings is 1. The number of nitrogens with one attached hydrogen (secondary N) is 1. The molecule has 2 aromatic rings. The van der Waals surface area contributed by atoms with Crippen LogP contribution in [-0.2, 0) is 0 Å². The van der Waals surface area contributed by atoms with E-state index in [0.29, 0.717) is 0 Å². The molecule has 25 heavy (non-hydrogen) atoms. The maximum Gasteiger partial charge on any atom is 0.414 e. The number of amides is 1. The van der Waals surface area contributed by atoms with Gasteiger partial charge < -0.3 is 15.0 Å². The van der Waals surface area contributed by atoms with E-state index < -0.39 is 6.09 Å². The summed E-state index contributed by atoms with van der Waals surface area (Å²) in [6.07, 6.45) is 2.43. The number of ether oxygens (including phenoxy) is 1. The molecule has 0 radical (unpaired) electrons. The van der Waals surface area contributed by atoms with Gasteiger partial charge in [0.25, 0.3) is 0 Å². The average Bonchev–Trinajstić information content (AvgIpc) is 3.04. The molecule has 5 nitrogen and oxygen atoms in total. The molecule has 0 unspecified atom stereocenters. The number of thiazole rings is 1. The number of carbonyl (C=O) groups is 1. The number of halogens is 2. The van der Waals surface area contributed by atoms with Crippen LogP contribution in [0.25, 0.3) is 10.4 Å². The summed E-state index contributed by atoms with van der Waals surface area (Å²) < 4.78 is 18.5. The van der Waals surface area contributed by atoms with E-state index >= 15 is 0 Å². The first kappa shape index (κ1) is 18.1. The zero-order valence-corrected chi connectivity index (χ0v) is 15.2. The third-order valence-electron chi connectivity index (χ3n) is 4.92. The summed E-state index contributed by atoms with van der Waals surface area (Å²) in [6.45, 7) is 3.08. The first-order valence-electron chi connectivity index (χ1n) is 8.05. The van der Waals surface area contributed by atoms with E-state index in [-0.39, 0.29) is 29.6 Å². The summed E-state index contributed by atoms with van der Waals surface area (Å²) >= 11 is 1.36. The fourth-order valence-electron chi connectivity index (χ4n) is 3.45. The second-order valence-corrected chi connectivity index (χ2v) is 7.23. The SMILES string of the molecule is Cl.O=C(NC12CCN(CC1)CC2)Oc1ncsc1-c1ccc(F)cc1. The lowest BCUT2D eigenvalue weighted by Crippen LogP contribution is -2.61. The summed E-state index contributed by atoms with van der Waals surface area (Å²) in [7, 11) is 0. The van der Waals surface area contributed by atoms with Gasteiger partial charge in [-0.05, 0) is 37.0 Å². The summed E-state index contributed by atoms with van der Waals surface area (Å²) in [5.74, 6) is -0.0278. The van der Waals surface area contributed by atoms with Crippen molar-refractivity contribution in [1.29, 1.82) is 0 Å². The van der Waals surface area contributed by atoms with Gasteiger partial charge >= 0.3 is 6.09 Å². The van der Waals surface area contributed by atoms with Crippen molar-refractivity contribution in [2.45, 2.75) is 24.8 Å². The molecule has 0 spiro atoms. The standard InChI is InChI=1S/C17H18FN3O2S.ClH/c18-13-3-1-12(2-4-13)14-15(19-11-24-14)23-16(22)20-17-5-8-21(9-6-17)10-7-17;/h1-4,11H,5-10H2,(H,20,22);1H. The monoisotopic (exact) mass is 383 g/mol. The Balaban J connectivity index is 0.00000182. The summed E-state index contributed by atoms with van der Waals surface area (Å²) in [6, 6.07) is 6.08. The molecule has 3 aliphatic rings. The molecule has 8 heteroatoms. The molecule has 134 valence electrons. The van der Waals surface area contributed by atoms with Crippen molar-refractivity contribution >= 4 is 29.8 Å². The lowest BCUT2D eigenvalue weighted by molar-refractivity contribution is 0.0613. The Morgan fingerprint density at radius 1 is 1.20 bits per heavy atom. The van der Waals surface area contributed by atoms with Crippen LogP contribution in [0, 0.1) is 5.82 Å². The fraction of sp³-hybridized carbons (Fsp3) is 0.412. The van der Waals surface area contributed by atoms with Crippen molar-refractivity contribution in [3.8, 4) is 16.3 Å². The number of nitrogens with zero attached hydrogens (tertiary/aromatic N) is 2. The van der Waals surface area contributed by atoms with E-state index in [1.807, 2.05) is 0 Å². The van der Waals surface area contributed by atoms with Crippen molar-refractivity contribution in [2.75, 3.05) is 19.6 Å². The van der Waals surface area contributed by atoms with E-state index in [1.54, 1.807) is 17.6 Å². The second-order valence-electron chi connectivity index (χ2n) is 6.38. The molecular formula is C17H19ClFN3O2S. The van der Waals surface area contributed by atoms with E-state index in [9.17, 15) is 9.18 Å². The first-order chi connectivity index (χ1) is 11.6. The Hall–Kier alpha value is -1.70. The van der Waals surface area contributed by atoms with E-state index in [2.05, 4.69) is 15.2 Å². The fourth-order valence-corrected chi connectivity index (χ4v) is 4.17. The normalized spacial score (nSPS) is 24.4. The van der Waals surface area contributed by atoms with Crippen molar-refractivity contribution < 1.29 is 13.9 Å². The highest BCUT2D eigenvalue weighted by Crippen LogP contribution is 2.34. The highest BCUT2D eigenvalue weighted by molar-refractivity contribution is 7.13. The van der Waals surface area contributed by atoms with Gasteiger partial charge in [-0.2, -0.15) is 0 Å². The zero-order valence-electron chi connectivity index (χ0n) is 13.5. The molecule has 4 heterocycles. The molecule has 0 atom stereocenters. The maximum absolute atomic E-state index is 13.1. The minimum Gasteiger partial charge on any atom is -0.390 e. The van der Waals surface area contributed by atoms with Crippen LogP contribution >= 0.6 is 23.7 Å². The highest BCUT2D eigenvalue weighted by atomic mass is 35.5. The molecule has 3 fully saturated rings. The molecule has 3 aliphatic heterocycles. The topological polar surface area (TPSA) is 54.5 Å². The van der Waals surface area contributed by atoms with Gasteiger partial charge in [0.2, 0.25) is 5.88 Å². The van der Waals surface area contributed by atoms with E-state index in [0.717, 1.165) is 49.3 Å². The van der Waals surface area contributed by atoms with Crippen LogP contribution in [0.1, 0.15) is 19.3 Å². The van der Waals surface area contributed by atoms with Crippen molar-refractivity contribution in [1.82, 2.24) is 15.2 Å². The zero-order chi connectivity index (χ0) is 16.6. The molecule has 1 N–H and O–H groups in total. The maximum atomic E-state index is 13.1. The average molecular weight is 384 g/mol. The largest absolute Gasteiger partial charge is 0.414 e. The number of piperidine rings is 3. The van der Waals surface area contributed by atoms with E-state index in [4.69, 9.17) is 4.74 Å². The third-order valence-corrected chi connectivity index (χ3v) is 5.77. The van der Waals surface area contributed by atoms with Crippen LogP contribution in [0.2, 0.25) is 0 Å². The minimum absolute atomic E-state index is 0. The molecular weight excluding hydrogens is 365 g/mol. The Morgan fingerprint density at radius 3 is 2.48 bits per heavy atom. The van der Waals surface area contributed by atoms with Crippen LogP contribution in [0.15, 0.2) is 29.8 Å². The number of carbonyl (C=O) groups excluding carboxylic acids is 1. The molecule has 5 rings (SSSR count). The number of hydrogen-bond acceptors (Lipinski definition) is 5. The van der Waals surface area contributed by atoms with Crippen LogP contribution in [0.4, 0.5) is 9.18 Å². The molecule has 1 amide bonds. The van der Waals surface area contributed by atoms with Gasteiger partial charge in [0.05, 0.1) is 10.4 Å². The number of rotatable bonds is 3. The Kier molecular flexibility index (Phi) is 5.27. The predicted octanol–water partition coefficient (Wildman–Crippen LogP) is 3.70. The second kappa shape index (κ2) is 7.27. The molecule has 0 saturated carbocycles. The molecule has 3 saturated heterocycles. The van der Waals surface area contributed by atoms with Gasteiger partial charge in [0.15, 0.2) is 0 Å². The van der Waals surface area contributed by atoms with Gasteiger partial charge in [-0.1, -0.05) is 12.1 Å².